The molecule has 1 atom stereocenters. The van der Waals surface area contributed by atoms with Crippen LogP contribution in [0.1, 0.15) is 30.4 Å². The highest BCUT2D eigenvalue weighted by Crippen LogP contribution is 2.20. The molecule has 28 heavy (non-hydrogen) atoms. The van der Waals surface area contributed by atoms with Crippen molar-refractivity contribution in [3.05, 3.63) is 77.2 Å². The molecule has 0 aromatic heterocycles. The van der Waals surface area contributed by atoms with Gasteiger partial charge in [-0.1, -0.05) is 67.6 Å². The third kappa shape index (κ3) is 5.30. The third-order valence-electron chi connectivity index (χ3n) is 5.03. The molecule has 5 nitrogen and oxygen atoms in total. The van der Waals surface area contributed by atoms with E-state index in [2.05, 4.69) is 0 Å². The molecule has 1 saturated heterocycles. The molecule has 2 aromatic rings. The lowest BCUT2D eigenvalue weighted by Gasteiger charge is -2.34. The lowest BCUT2D eigenvalue weighted by molar-refractivity contribution is -0.132. The van der Waals surface area contributed by atoms with Gasteiger partial charge in [-0.15, -0.1) is 0 Å². The summed E-state index contributed by atoms with van der Waals surface area (Å²) in [5.41, 5.74) is 1.98. The number of hydrogen-bond donors (Lipinski definition) is 0. The van der Waals surface area contributed by atoms with Crippen molar-refractivity contribution < 1.29 is 13.2 Å². The Morgan fingerprint density at radius 2 is 1.54 bits per heavy atom. The van der Waals surface area contributed by atoms with Crippen molar-refractivity contribution in [3.8, 4) is 0 Å². The van der Waals surface area contributed by atoms with Gasteiger partial charge in [0.1, 0.15) is 0 Å². The minimum absolute atomic E-state index is 0.0771. The number of piperazine rings is 1. The molecule has 2 aromatic carbocycles. The molecule has 0 unspecified atom stereocenters. The van der Waals surface area contributed by atoms with E-state index in [1.165, 1.54) is 9.71 Å². The summed E-state index contributed by atoms with van der Waals surface area (Å²) in [5.74, 6) is 0.220. The zero-order chi connectivity index (χ0) is 20.0. The predicted octanol–water partition coefficient (Wildman–Crippen LogP) is 3.33. The van der Waals surface area contributed by atoms with Crippen molar-refractivity contribution in [3.63, 3.8) is 0 Å². The standard InChI is InChI=1S/C22H26N2O3S/c1-19(21-10-6-3-7-11-21)18-22(25)23-13-15-24(16-14-23)28(26,27)17-12-20-8-4-2-5-9-20/h2-12,17,19H,13-16,18H2,1H3/b17-12+/t19-/m0/s1. The fraction of sp³-hybridized carbons (Fsp3) is 0.318. The van der Waals surface area contributed by atoms with E-state index in [-0.39, 0.29) is 11.8 Å². The van der Waals surface area contributed by atoms with Gasteiger partial charge in [0.15, 0.2) is 0 Å². The van der Waals surface area contributed by atoms with Crippen molar-refractivity contribution in [2.75, 3.05) is 26.2 Å². The zero-order valence-corrected chi connectivity index (χ0v) is 16.9. The first-order chi connectivity index (χ1) is 13.5. The van der Waals surface area contributed by atoms with Crippen molar-refractivity contribution in [2.45, 2.75) is 19.3 Å². The Morgan fingerprint density at radius 1 is 0.964 bits per heavy atom. The molecule has 0 radical (unpaired) electrons. The van der Waals surface area contributed by atoms with E-state index in [4.69, 9.17) is 0 Å². The van der Waals surface area contributed by atoms with Crippen LogP contribution >= 0.6 is 0 Å². The number of rotatable bonds is 6. The van der Waals surface area contributed by atoms with Gasteiger partial charge in [0, 0.05) is 38.0 Å². The fourth-order valence-electron chi connectivity index (χ4n) is 3.30. The van der Waals surface area contributed by atoms with E-state index in [0.717, 1.165) is 11.1 Å². The summed E-state index contributed by atoms with van der Waals surface area (Å²) in [6.07, 6.45) is 2.04. The quantitative estimate of drug-likeness (QED) is 0.750. The summed E-state index contributed by atoms with van der Waals surface area (Å²) in [7, 11) is -3.48. The van der Waals surface area contributed by atoms with Crippen LogP contribution in [0.2, 0.25) is 0 Å². The van der Waals surface area contributed by atoms with Crippen LogP contribution < -0.4 is 0 Å². The number of benzene rings is 2. The SMILES string of the molecule is C[C@@H](CC(=O)N1CCN(S(=O)(=O)/C=C/c2ccccc2)CC1)c1ccccc1. The lowest BCUT2D eigenvalue weighted by Crippen LogP contribution is -2.50. The number of hydrogen-bond acceptors (Lipinski definition) is 3. The molecule has 1 heterocycles. The molecule has 1 aliphatic rings. The Bertz CT molecular complexity index is 903. The van der Waals surface area contributed by atoms with E-state index in [0.29, 0.717) is 32.6 Å². The van der Waals surface area contributed by atoms with Crippen molar-refractivity contribution in [2.24, 2.45) is 0 Å². The van der Waals surface area contributed by atoms with Crippen LogP contribution in [0.5, 0.6) is 0 Å². The molecule has 0 aliphatic carbocycles. The maximum Gasteiger partial charge on any atom is 0.236 e. The van der Waals surface area contributed by atoms with E-state index < -0.39 is 10.0 Å². The lowest BCUT2D eigenvalue weighted by atomic mass is 9.97. The largest absolute Gasteiger partial charge is 0.340 e. The second-order valence-electron chi connectivity index (χ2n) is 7.05. The van der Waals surface area contributed by atoms with E-state index in [9.17, 15) is 13.2 Å². The van der Waals surface area contributed by atoms with Crippen LogP contribution in [0.15, 0.2) is 66.1 Å². The molecule has 0 bridgehead atoms. The Hall–Kier alpha value is -2.44. The van der Waals surface area contributed by atoms with Gasteiger partial charge >= 0.3 is 0 Å². The summed E-state index contributed by atoms with van der Waals surface area (Å²) < 4.78 is 26.5. The highest BCUT2D eigenvalue weighted by Gasteiger charge is 2.27. The first kappa shape index (κ1) is 20.3. The molecule has 1 fully saturated rings. The Balaban J connectivity index is 1.53. The van der Waals surface area contributed by atoms with Crippen LogP contribution in [-0.4, -0.2) is 49.7 Å². The normalized spacial score (nSPS) is 17.0. The van der Waals surface area contributed by atoms with Crippen LogP contribution in [0.4, 0.5) is 0 Å². The van der Waals surface area contributed by atoms with Gasteiger partial charge in [0.2, 0.25) is 15.9 Å². The second kappa shape index (κ2) is 9.17. The molecule has 6 heteroatoms. The van der Waals surface area contributed by atoms with Crippen LogP contribution in [0.25, 0.3) is 6.08 Å². The number of nitrogens with zero attached hydrogens (tertiary/aromatic N) is 2. The van der Waals surface area contributed by atoms with Gasteiger partial charge in [-0.05, 0) is 23.1 Å². The summed E-state index contributed by atoms with van der Waals surface area (Å²) >= 11 is 0. The van der Waals surface area contributed by atoms with Crippen LogP contribution in [-0.2, 0) is 14.8 Å². The molecular weight excluding hydrogens is 372 g/mol. The minimum atomic E-state index is -3.48. The highest BCUT2D eigenvalue weighted by molar-refractivity contribution is 7.92. The summed E-state index contributed by atoms with van der Waals surface area (Å²) in [4.78, 5) is 14.4. The number of carbonyl (C=O) groups excluding carboxylic acids is 1. The smallest absolute Gasteiger partial charge is 0.236 e. The number of sulfonamides is 1. The number of amides is 1. The molecule has 0 spiro atoms. The first-order valence-electron chi connectivity index (χ1n) is 9.52. The van der Waals surface area contributed by atoms with Gasteiger partial charge in [0.05, 0.1) is 0 Å². The highest BCUT2D eigenvalue weighted by atomic mass is 32.2. The Labute approximate surface area is 167 Å². The monoisotopic (exact) mass is 398 g/mol. The van der Waals surface area contributed by atoms with Crippen molar-refractivity contribution in [1.29, 1.82) is 0 Å². The van der Waals surface area contributed by atoms with Crippen molar-refractivity contribution in [1.82, 2.24) is 9.21 Å². The van der Waals surface area contributed by atoms with Gasteiger partial charge in [-0.3, -0.25) is 4.79 Å². The molecule has 0 saturated carbocycles. The van der Waals surface area contributed by atoms with Gasteiger partial charge in [-0.25, -0.2) is 8.42 Å². The Kier molecular flexibility index (Phi) is 6.65. The fourth-order valence-corrected chi connectivity index (χ4v) is 4.47. The summed E-state index contributed by atoms with van der Waals surface area (Å²) in [5, 5.41) is 1.25. The van der Waals surface area contributed by atoms with Gasteiger partial charge in [0.25, 0.3) is 0 Å². The predicted molar refractivity (Wildman–Crippen MR) is 112 cm³/mol. The minimum Gasteiger partial charge on any atom is -0.340 e. The van der Waals surface area contributed by atoms with E-state index in [1.807, 2.05) is 67.6 Å². The second-order valence-corrected chi connectivity index (χ2v) is 8.87. The van der Waals surface area contributed by atoms with Crippen LogP contribution in [0, 0.1) is 0 Å². The Morgan fingerprint density at radius 3 is 2.14 bits per heavy atom. The number of carbonyl (C=O) groups is 1. The molecule has 0 N–H and O–H groups in total. The molecule has 148 valence electrons. The van der Waals surface area contributed by atoms with Crippen molar-refractivity contribution >= 4 is 22.0 Å². The summed E-state index contributed by atoms with van der Waals surface area (Å²) in [6, 6.07) is 19.3. The van der Waals surface area contributed by atoms with Gasteiger partial charge < -0.3 is 4.90 Å². The first-order valence-corrected chi connectivity index (χ1v) is 11.0. The van der Waals surface area contributed by atoms with E-state index in [1.54, 1.807) is 11.0 Å². The average molecular weight is 399 g/mol. The third-order valence-corrected chi connectivity index (χ3v) is 6.60. The molecule has 1 amide bonds. The molecule has 3 rings (SSSR count). The zero-order valence-electron chi connectivity index (χ0n) is 16.1. The maximum atomic E-state index is 12.6. The molecule has 1 aliphatic heterocycles. The molecular formula is C22H26N2O3S. The topological polar surface area (TPSA) is 57.7 Å². The maximum absolute atomic E-state index is 12.6. The van der Waals surface area contributed by atoms with E-state index >= 15 is 0 Å². The van der Waals surface area contributed by atoms with Gasteiger partial charge in [-0.2, -0.15) is 4.31 Å². The summed E-state index contributed by atoms with van der Waals surface area (Å²) in [6.45, 7) is 3.56. The van der Waals surface area contributed by atoms with Crippen LogP contribution in [0.3, 0.4) is 0 Å². The average Bonchev–Trinajstić information content (AvgIpc) is 2.74.